The Morgan fingerprint density at radius 3 is 2.07 bits per heavy atom. The van der Waals surface area contributed by atoms with Crippen molar-refractivity contribution < 1.29 is 23.8 Å². The fourth-order valence-electron chi connectivity index (χ4n) is 2.63. The lowest BCUT2D eigenvalue weighted by Gasteiger charge is -2.10. The molecule has 0 fully saturated rings. The van der Waals surface area contributed by atoms with Crippen LogP contribution >= 0.6 is 11.3 Å². The molecule has 0 aliphatic heterocycles. The number of aromatic nitrogens is 2. The smallest absolute Gasteiger partial charge is 0.338 e. The lowest BCUT2D eigenvalue weighted by molar-refractivity contribution is 0.0598. The third-order valence-corrected chi connectivity index (χ3v) is 5.17. The second-order valence-electron chi connectivity index (χ2n) is 5.87. The van der Waals surface area contributed by atoms with Crippen LogP contribution in [-0.2, 0) is 9.47 Å². The molecule has 3 rings (SSSR count). The summed E-state index contributed by atoms with van der Waals surface area (Å²) in [6.07, 6.45) is 0. The van der Waals surface area contributed by atoms with Gasteiger partial charge in [0.1, 0.15) is 16.4 Å². The van der Waals surface area contributed by atoms with Gasteiger partial charge in [0.2, 0.25) is 5.88 Å². The zero-order chi connectivity index (χ0) is 19.7. The maximum atomic E-state index is 12.0. The van der Waals surface area contributed by atoms with Gasteiger partial charge in [0.15, 0.2) is 0 Å². The summed E-state index contributed by atoms with van der Waals surface area (Å²) in [5.41, 5.74) is 1.38. The molecule has 0 bridgehead atoms. The number of aryl methyl sites for hydroxylation is 3. The molecule has 2 heterocycles. The van der Waals surface area contributed by atoms with Crippen LogP contribution < -0.4 is 4.74 Å². The van der Waals surface area contributed by atoms with Crippen LogP contribution in [0, 0.1) is 20.8 Å². The molecule has 0 aliphatic rings. The molecule has 0 amide bonds. The van der Waals surface area contributed by atoms with Crippen molar-refractivity contribution in [3.05, 3.63) is 45.6 Å². The number of nitrogens with zero attached hydrogens (tertiary/aromatic N) is 2. The quantitative estimate of drug-likeness (QED) is 0.627. The van der Waals surface area contributed by atoms with Gasteiger partial charge in [-0.05, 0) is 44.5 Å². The first-order valence-corrected chi connectivity index (χ1v) is 8.89. The number of methoxy groups -OCH3 is 2. The van der Waals surface area contributed by atoms with Gasteiger partial charge in [-0.3, -0.25) is 0 Å². The number of carbonyl (C=O) groups is 2. The minimum atomic E-state index is -0.586. The van der Waals surface area contributed by atoms with Gasteiger partial charge < -0.3 is 14.2 Å². The molecule has 0 spiro atoms. The number of hydrogen-bond donors (Lipinski definition) is 0. The normalized spacial score (nSPS) is 10.7. The lowest BCUT2D eigenvalue weighted by atomic mass is 10.1. The third kappa shape index (κ3) is 3.61. The van der Waals surface area contributed by atoms with Gasteiger partial charge in [-0.15, -0.1) is 11.3 Å². The van der Waals surface area contributed by atoms with Crippen molar-refractivity contribution in [2.75, 3.05) is 14.2 Å². The summed E-state index contributed by atoms with van der Waals surface area (Å²) in [7, 11) is 2.53. The average molecular weight is 386 g/mol. The molecular formula is C19H18N2O5S. The summed E-state index contributed by atoms with van der Waals surface area (Å²) < 4.78 is 15.5. The number of hydrogen-bond acceptors (Lipinski definition) is 8. The Morgan fingerprint density at radius 2 is 1.52 bits per heavy atom. The Labute approximate surface area is 159 Å². The molecule has 8 heteroatoms. The number of fused-ring (bicyclic) bond motifs is 1. The van der Waals surface area contributed by atoms with E-state index in [9.17, 15) is 9.59 Å². The zero-order valence-electron chi connectivity index (χ0n) is 15.6. The topological polar surface area (TPSA) is 87.6 Å². The Kier molecular flexibility index (Phi) is 5.09. The van der Waals surface area contributed by atoms with Crippen LogP contribution in [0.5, 0.6) is 11.6 Å². The maximum absolute atomic E-state index is 12.0. The van der Waals surface area contributed by atoms with Crippen molar-refractivity contribution in [3.8, 4) is 11.6 Å². The fourth-order valence-corrected chi connectivity index (χ4v) is 3.69. The SMILES string of the molecule is COC(=O)c1cc(Oc2nc(C)nc3sc(C)c(C)c23)cc(C(=O)OC)c1. The zero-order valence-corrected chi connectivity index (χ0v) is 16.4. The summed E-state index contributed by atoms with van der Waals surface area (Å²) in [6, 6.07) is 4.39. The van der Waals surface area contributed by atoms with Gasteiger partial charge in [0.05, 0.1) is 30.7 Å². The summed E-state index contributed by atoms with van der Waals surface area (Å²) in [5, 5.41) is 0.811. The van der Waals surface area contributed by atoms with Gasteiger partial charge >= 0.3 is 11.9 Å². The number of benzene rings is 1. The molecule has 0 aliphatic carbocycles. The van der Waals surface area contributed by atoms with Crippen molar-refractivity contribution in [1.82, 2.24) is 9.97 Å². The standard InChI is InChI=1S/C19H18N2O5S/c1-9-10(2)27-17-15(9)16(20-11(3)21-17)26-14-7-12(18(22)24-4)6-13(8-14)19(23)25-5/h6-8H,1-5H3. The predicted molar refractivity (Wildman–Crippen MR) is 101 cm³/mol. The molecule has 140 valence electrons. The minimum Gasteiger partial charge on any atom is -0.465 e. The summed E-state index contributed by atoms with van der Waals surface area (Å²) in [4.78, 5) is 34.7. The molecule has 0 atom stereocenters. The van der Waals surface area contributed by atoms with Crippen LogP contribution in [0.3, 0.4) is 0 Å². The number of ether oxygens (including phenoxy) is 3. The summed E-state index contributed by atoms with van der Waals surface area (Å²) in [6.45, 7) is 5.76. The molecule has 27 heavy (non-hydrogen) atoms. The summed E-state index contributed by atoms with van der Waals surface area (Å²) in [5.74, 6) is 0.0450. The van der Waals surface area contributed by atoms with E-state index in [1.165, 1.54) is 32.4 Å². The van der Waals surface area contributed by atoms with E-state index in [4.69, 9.17) is 14.2 Å². The second kappa shape index (κ2) is 7.32. The first-order valence-electron chi connectivity index (χ1n) is 8.08. The predicted octanol–water partition coefficient (Wildman–Crippen LogP) is 3.98. The van der Waals surface area contributed by atoms with Crippen LogP contribution in [0.2, 0.25) is 0 Å². The first kappa shape index (κ1) is 18.8. The number of esters is 2. The lowest BCUT2D eigenvalue weighted by Crippen LogP contribution is -2.07. The number of carbonyl (C=O) groups excluding carboxylic acids is 2. The monoisotopic (exact) mass is 386 g/mol. The molecule has 0 saturated carbocycles. The summed E-state index contributed by atoms with van der Waals surface area (Å²) >= 11 is 1.56. The van der Waals surface area contributed by atoms with E-state index in [0.29, 0.717) is 11.7 Å². The van der Waals surface area contributed by atoms with Crippen LogP contribution in [0.15, 0.2) is 18.2 Å². The van der Waals surface area contributed by atoms with Crippen molar-refractivity contribution in [3.63, 3.8) is 0 Å². The fraction of sp³-hybridized carbons (Fsp3) is 0.263. The Balaban J connectivity index is 2.14. The van der Waals surface area contributed by atoms with E-state index in [1.807, 2.05) is 13.8 Å². The van der Waals surface area contributed by atoms with Crippen molar-refractivity contribution in [2.45, 2.75) is 20.8 Å². The molecule has 3 aromatic rings. The number of thiophene rings is 1. The molecule has 0 N–H and O–H groups in total. The Bertz CT molecular complexity index is 1020. The van der Waals surface area contributed by atoms with Crippen LogP contribution in [0.4, 0.5) is 0 Å². The van der Waals surface area contributed by atoms with Crippen LogP contribution in [0.1, 0.15) is 37.0 Å². The molecular weight excluding hydrogens is 368 g/mol. The van der Waals surface area contributed by atoms with Crippen molar-refractivity contribution in [2.24, 2.45) is 0 Å². The minimum absolute atomic E-state index is 0.177. The van der Waals surface area contributed by atoms with Crippen LogP contribution in [-0.4, -0.2) is 36.1 Å². The molecule has 7 nitrogen and oxygen atoms in total. The van der Waals surface area contributed by atoms with Crippen molar-refractivity contribution >= 4 is 33.5 Å². The highest BCUT2D eigenvalue weighted by molar-refractivity contribution is 7.18. The van der Waals surface area contributed by atoms with Gasteiger partial charge in [-0.1, -0.05) is 0 Å². The van der Waals surface area contributed by atoms with Gasteiger partial charge in [-0.2, -0.15) is 4.98 Å². The van der Waals surface area contributed by atoms with E-state index in [0.717, 1.165) is 20.7 Å². The second-order valence-corrected chi connectivity index (χ2v) is 7.07. The van der Waals surface area contributed by atoms with Crippen LogP contribution in [0.25, 0.3) is 10.2 Å². The largest absolute Gasteiger partial charge is 0.465 e. The Hall–Kier alpha value is -3.00. The molecule has 2 aromatic heterocycles. The number of rotatable bonds is 4. The average Bonchev–Trinajstić information content (AvgIpc) is 2.93. The van der Waals surface area contributed by atoms with Gasteiger partial charge in [-0.25, -0.2) is 14.6 Å². The molecule has 1 aromatic carbocycles. The molecule has 0 saturated heterocycles. The van der Waals surface area contributed by atoms with Gasteiger partial charge in [0.25, 0.3) is 0 Å². The van der Waals surface area contributed by atoms with Gasteiger partial charge in [0, 0.05) is 4.88 Å². The Morgan fingerprint density at radius 1 is 0.926 bits per heavy atom. The van der Waals surface area contributed by atoms with E-state index < -0.39 is 11.9 Å². The maximum Gasteiger partial charge on any atom is 0.338 e. The van der Waals surface area contributed by atoms with E-state index >= 15 is 0 Å². The van der Waals surface area contributed by atoms with E-state index in [-0.39, 0.29) is 16.9 Å². The highest BCUT2D eigenvalue weighted by Crippen LogP contribution is 2.36. The first-order chi connectivity index (χ1) is 12.8. The van der Waals surface area contributed by atoms with E-state index in [1.54, 1.807) is 18.3 Å². The highest BCUT2D eigenvalue weighted by atomic mass is 32.1. The van der Waals surface area contributed by atoms with E-state index in [2.05, 4.69) is 9.97 Å². The highest BCUT2D eigenvalue weighted by Gasteiger charge is 2.18. The molecule has 0 unspecified atom stereocenters. The molecule has 0 radical (unpaired) electrons. The van der Waals surface area contributed by atoms with Crippen molar-refractivity contribution in [1.29, 1.82) is 0 Å². The third-order valence-electron chi connectivity index (χ3n) is 4.07.